The number of urea groups is 1. The molecule has 0 aliphatic carbocycles. The topological polar surface area (TPSA) is 64.6 Å². The van der Waals surface area contributed by atoms with Crippen molar-refractivity contribution in [2.75, 3.05) is 24.6 Å². The van der Waals surface area contributed by atoms with Crippen molar-refractivity contribution in [3.05, 3.63) is 29.8 Å². The predicted octanol–water partition coefficient (Wildman–Crippen LogP) is 2.03. The molecule has 0 spiro atoms. The van der Waals surface area contributed by atoms with Crippen LogP contribution < -0.4 is 15.5 Å². The molecule has 22 heavy (non-hydrogen) atoms. The van der Waals surface area contributed by atoms with Gasteiger partial charge in [0, 0.05) is 24.8 Å². The minimum atomic E-state index is -0.184. The first-order chi connectivity index (χ1) is 10.6. The summed E-state index contributed by atoms with van der Waals surface area (Å²) in [6.07, 6.45) is 2.78. The maximum atomic E-state index is 12.0. The lowest BCUT2D eigenvalue weighted by Crippen LogP contribution is -2.52. The largest absolute Gasteiger partial charge is 0.394 e. The van der Waals surface area contributed by atoms with Crippen LogP contribution in [0.15, 0.2) is 24.3 Å². The third-order valence-corrected chi connectivity index (χ3v) is 4.20. The number of hydrogen-bond donors (Lipinski definition) is 3. The fourth-order valence-corrected chi connectivity index (χ4v) is 2.77. The molecule has 1 aliphatic rings. The van der Waals surface area contributed by atoms with Gasteiger partial charge in [0.15, 0.2) is 0 Å². The quantitative estimate of drug-likeness (QED) is 0.780. The van der Waals surface area contributed by atoms with Crippen LogP contribution >= 0.6 is 0 Å². The summed E-state index contributed by atoms with van der Waals surface area (Å²) >= 11 is 0. The van der Waals surface area contributed by atoms with E-state index in [2.05, 4.69) is 46.7 Å². The molecular weight excluding hydrogens is 278 g/mol. The Hall–Kier alpha value is -1.75. The van der Waals surface area contributed by atoms with Crippen molar-refractivity contribution in [2.24, 2.45) is 0 Å². The first kappa shape index (κ1) is 16.6. The fraction of sp³-hybridized carbons (Fsp3) is 0.588. The lowest BCUT2D eigenvalue weighted by atomic mass is 10.0. The number of carbonyl (C=O) groups is 1. The molecule has 2 atom stereocenters. The molecule has 5 nitrogen and oxygen atoms in total. The highest BCUT2D eigenvalue weighted by Crippen LogP contribution is 2.20. The average molecular weight is 305 g/mol. The van der Waals surface area contributed by atoms with E-state index in [0.29, 0.717) is 0 Å². The number of anilines is 1. The summed E-state index contributed by atoms with van der Waals surface area (Å²) in [5.74, 6) is 0. The summed E-state index contributed by atoms with van der Waals surface area (Å²) in [7, 11) is 0. The Balaban J connectivity index is 1.87. The Morgan fingerprint density at radius 3 is 2.77 bits per heavy atom. The molecular formula is C17H27N3O2. The number of nitrogens with one attached hydrogen (secondary N) is 2. The minimum absolute atomic E-state index is 0.0237. The summed E-state index contributed by atoms with van der Waals surface area (Å²) < 4.78 is 0. The number of aliphatic hydroxyl groups is 1. The molecule has 1 aromatic carbocycles. The second kappa shape index (κ2) is 8.03. The van der Waals surface area contributed by atoms with Gasteiger partial charge < -0.3 is 20.6 Å². The van der Waals surface area contributed by atoms with E-state index in [1.54, 1.807) is 0 Å². The molecule has 0 radical (unpaired) electrons. The number of hydrogen-bond acceptors (Lipinski definition) is 3. The van der Waals surface area contributed by atoms with E-state index >= 15 is 0 Å². The number of amides is 2. The van der Waals surface area contributed by atoms with Gasteiger partial charge in [0.1, 0.15) is 0 Å². The monoisotopic (exact) mass is 305 g/mol. The van der Waals surface area contributed by atoms with E-state index in [9.17, 15) is 4.79 Å². The van der Waals surface area contributed by atoms with Gasteiger partial charge in [-0.1, -0.05) is 24.6 Å². The summed E-state index contributed by atoms with van der Waals surface area (Å²) in [6.45, 7) is 5.86. The van der Waals surface area contributed by atoms with E-state index in [-0.39, 0.29) is 24.7 Å². The number of aryl methyl sites for hydroxylation is 1. The number of piperidine rings is 1. The summed E-state index contributed by atoms with van der Waals surface area (Å²) in [6, 6.07) is 8.30. The molecule has 1 aromatic rings. The van der Waals surface area contributed by atoms with Crippen LogP contribution in [-0.2, 0) is 0 Å². The number of aliphatic hydroxyl groups excluding tert-OH is 1. The third-order valence-electron chi connectivity index (χ3n) is 4.20. The summed E-state index contributed by atoms with van der Waals surface area (Å²) in [5, 5.41) is 15.0. The van der Waals surface area contributed by atoms with E-state index in [1.807, 2.05) is 6.92 Å². The first-order valence-electron chi connectivity index (χ1n) is 8.12. The van der Waals surface area contributed by atoms with Crippen molar-refractivity contribution in [2.45, 2.75) is 45.2 Å². The van der Waals surface area contributed by atoms with Crippen LogP contribution in [0.25, 0.3) is 0 Å². The smallest absolute Gasteiger partial charge is 0.315 e. The molecule has 0 aromatic heterocycles. The van der Waals surface area contributed by atoms with Crippen molar-refractivity contribution in [1.82, 2.24) is 10.6 Å². The van der Waals surface area contributed by atoms with Crippen LogP contribution in [0.1, 0.15) is 31.7 Å². The predicted molar refractivity (Wildman–Crippen MR) is 89.2 cm³/mol. The van der Waals surface area contributed by atoms with E-state index in [0.717, 1.165) is 32.4 Å². The van der Waals surface area contributed by atoms with Gasteiger partial charge in [-0.25, -0.2) is 4.79 Å². The Bertz CT molecular complexity index is 471. The summed E-state index contributed by atoms with van der Waals surface area (Å²) in [5.41, 5.74) is 2.46. The van der Waals surface area contributed by atoms with Crippen LogP contribution in [0.5, 0.6) is 0 Å². The second-order valence-corrected chi connectivity index (χ2v) is 6.03. The molecule has 0 bridgehead atoms. The molecule has 2 rings (SSSR count). The van der Waals surface area contributed by atoms with Crippen molar-refractivity contribution >= 4 is 11.7 Å². The van der Waals surface area contributed by atoms with Gasteiger partial charge in [-0.15, -0.1) is 0 Å². The molecule has 0 saturated carbocycles. The molecule has 2 amide bonds. The van der Waals surface area contributed by atoms with Crippen molar-refractivity contribution in [1.29, 1.82) is 0 Å². The highest BCUT2D eigenvalue weighted by atomic mass is 16.3. The number of benzene rings is 1. The van der Waals surface area contributed by atoms with Gasteiger partial charge in [0.25, 0.3) is 0 Å². The molecule has 122 valence electrons. The maximum Gasteiger partial charge on any atom is 0.315 e. The molecule has 3 N–H and O–H groups in total. The van der Waals surface area contributed by atoms with E-state index in [4.69, 9.17) is 5.11 Å². The molecule has 2 unspecified atom stereocenters. The van der Waals surface area contributed by atoms with Crippen LogP contribution in [0.4, 0.5) is 10.5 Å². The van der Waals surface area contributed by atoms with Gasteiger partial charge in [0.2, 0.25) is 0 Å². The molecule has 1 heterocycles. The van der Waals surface area contributed by atoms with Crippen LogP contribution in [0.3, 0.4) is 0 Å². The third kappa shape index (κ3) is 4.63. The van der Waals surface area contributed by atoms with Crippen LogP contribution in [0, 0.1) is 6.92 Å². The minimum Gasteiger partial charge on any atom is -0.394 e. The Kier molecular flexibility index (Phi) is 6.07. The van der Waals surface area contributed by atoms with Gasteiger partial charge in [-0.3, -0.25) is 0 Å². The second-order valence-electron chi connectivity index (χ2n) is 6.03. The Morgan fingerprint density at radius 2 is 2.14 bits per heavy atom. The average Bonchev–Trinajstić information content (AvgIpc) is 2.53. The van der Waals surface area contributed by atoms with Gasteiger partial charge in [0.05, 0.1) is 12.6 Å². The van der Waals surface area contributed by atoms with Crippen molar-refractivity contribution in [3.63, 3.8) is 0 Å². The van der Waals surface area contributed by atoms with Gasteiger partial charge in [-0.05, 0) is 38.3 Å². The van der Waals surface area contributed by atoms with Gasteiger partial charge in [-0.2, -0.15) is 0 Å². The Labute approximate surface area is 132 Å². The van der Waals surface area contributed by atoms with Crippen molar-refractivity contribution < 1.29 is 9.90 Å². The normalized spacial score (nSPS) is 19.6. The Morgan fingerprint density at radius 1 is 1.41 bits per heavy atom. The molecule has 5 heteroatoms. The van der Waals surface area contributed by atoms with Gasteiger partial charge >= 0.3 is 6.03 Å². The molecule has 1 aliphatic heterocycles. The standard InChI is InChI=1S/C17H27N3O2/c1-3-14(12-21)18-17(22)19-15-5-4-10-20(11-15)16-8-6-13(2)7-9-16/h6-9,14-15,21H,3-5,10-12H2,1-2H3,(H2,18,19,22). The highest BCUT2D eigenvalue weighted by Gasteiger charge is 2.22. The lowest BCUT2D eigenvalue weighted by Gasteiger charge is -2.35. The lowest BCUT2D eigenvalue weighted by molar-refractivity contribution is 0.210. The van der Waals surface area contributed by atoms with E-state index in [1.165, 1.54) is 11.3 Å². The van der Waals surface area contributed by atoms with Crippen molar-refractivity contribution in [3.8, 4) is 0 Å². The zero-order valence-electron chi connectivity index (χ0n) is 13.5. The first-order valence-corrected chi connectivity index (χ1v) is 8.12. The number of rotatable bonds is 5. The van der Waals surface area contributed by atoms with E-state index < -0.39 is 0 Å². The van der Waals surface area contributed by atoms with Crippen LogP contribution in [0.2, 0.25) is 0 Å². The zero-order chi connectivity index (χ0) is 15.9. The fourth-order valence-electron chi connectivity index (χ4n) is 2.77. The van der Waals surface area contributed by atoms with Crippen LogP contribution in [-0.4, -0.2) is 42.9 Å². The molecule has 1 saturated heterocycles. The SMILES string of the molecule is CCC(CO)NC(=O)NC1CCCN(c2ccc(C)cc2)C1. The number of nitrogens with zero attached hydrogens (tertiary/aromatic N) is 1. The number of carbonyl (C=O) groups excluding carboxylic acids is 1. The highest BCUT2D eigenvalue weighted by molar-refractivity contribution is 5.74. The molecule has 1 fully saturated rings. The maximum absolute atomic E-state index is 12.0. The summed E-state index contributed by atoms with van der Waals surface area (Å²) in [4.78, 5) is 14.3. The zero-order valence-corrected chi connectivity index (χ0v) is 13.5.